The van der Waals surface area contributed by atoms with Crippen LogP contribution < -0.4 is 10.1 Å². The van der Waals surface area contributed by atoms with Gasteiger partial charge in [0.05, 0.1) is 38.1 Å². The predicted molar refractivity (Wildman–Crippen MR) is 132 cm³/mol. The van der Waals surface area contributed by atoms with Crippen LogP contribution in [0.15, 0.2) is 67.0 Å². The maximum absolute atomic E-state index is 5.85. The molecule has 0 spiro atoms. The first-order chi connectivity index (χ1) is 16.2. The van der Waals surface area contributed by atoms with Gasteiger partial charge in [-0.15, -0.1) is 0 Å². The summed E-state index contributed by atoms with van der Waals surface area (Å²) in [7, 11) is 1.69. The third kappa shape index (κ3) is 4.59. The van der Waals surface area contributed by atoms with Crippen molar-refractivity contribution in [2.45, 2.75) is 12.1 Å². The van der Waals surface area contributed by atoms with Gasteiger partial charge < -0.3 is 24.3 Å². The molecule has 0 unspecified atom stereocenters. The Bertz CT molecular complexity index is 1070. The van der Waals surface area contributed by atoms with E-state index in [1.165, 1.54) is 5.69 Å². The predicted octanol–water partition coefficient (Wildman–Crippen LogP) is 3.19. The molecule has 33 heavy (non-hydrogen) atoms. The van der Waals surface area contributed by atoms with E-state index in [1.54, 1.807) is 7.11 Å². The number of nitrogens with one attached hydrogen (secondary N) is 1. The summed E-state index contributed by atoms with van der Waals surface area (Å²) >= 11 is 5.85. The van der Waals surface area contributed by atoms with Crippen molar-refractivity contribution in [1.82, 2.24) is 24.7 Å². The Balaban J connectivity index is 1.48. The van der Waals surface area contributed by atoms with Crippen LogP contribution in [0.2, 0.25) is 0 Å². The summed E-state index contributed by atoms with van der Waals surface area (Å²) in [6.45, 7) is 5.30. The Morgan fingerprint density at radius 2 is 1.88 bits per heavy atom. The van der Waals surface area contributed by atoms with Gasteiger partial charge in [0.2, 0.25) is 0 Å². The molecule has 8 heteroatoms. The molecule has 0 radical (unpaired) electrons. The number of ether oxygens (including phenoxy) is 2. The number of morpholine rings is 1. The van der Waals surface area contributed by atoms with Crippen LogP contribution in [0, 0.1) is 0 Å². The van der Waals surface area contributed by atoms with Crippen LogP contribution in [0.4, 0.5) is 0 Å². The zero-order valence-corrected chi connectivity index (χ0v) is 19.6. The van der Waals surface area contributed by atoms with Gasteiger partial charge in [0.15, 0.2) is 5.11 Å². The lowest BCUT2D eigenvalue weighted by molar-refractivity contribution is 0.0349. The van der Waals surface area contributed by atoms with Gasteiger partial charge >= 0.3 is 0 Å². The third-order valence-corrected chi connectivity index (χ3v) is 6.74. The fourth-order valence-corrected chi connectivity index (χ4v) is 4.99. The SMILES string of the molecule is COc1ccc(-n2cccc2[C@@H]2[C@@H](c3ccccn3)NC(=S)N2CCN2CCOCC2)cc1. The minimum atomic E-state index is -0.0321. The molecule has 0 amide bonds. The number of methoxy groups -OCH3 is 1. The van der Waals surface area contributed by atoms with Gasteiger partial charge in [-0.05, 0) is 60.7 Å². The van der Waals surface area contributed by atoms with E-state index in [2.05, 4.69) is 61.2 Å². The highest BCUT2D eigenvalue weighted by Crippen LogP contribution is 2.39. The summed E-state index contributed by atoms with van der Waals surface area (Å²) < 4.78 is 13.1. The molecular formula is C25H29N5O2S. The van der Waals surface area contributed by atoms with E-state index in [0.717, 1.165) is 61.6 Å². The summed E-state index contributed by atoms with van der Waals surface area (Å²) in [5.41, 5.74) is 3.24. The van der Waals surface area contributed by atoms with Crippen molar-refractivity contribution < 1.29 is 9.47 Å². The molecular weight excluding hydrogens is 434 g/mol. The second kappa shape index (κ2) is 9.91. The summed E-state index contributed by atoms with van der Waals surface area (Å²) in [6.07, 6.45) is 3.95. The van der Waals surface area contributed by atoms with E-state index in [9.17, 15) is 0 Å². The van der Waals surface area contributed by atoms with Crippen molar-refractivity contribution in [1.29, 1.82) is 0 Å². The van der Waals surface area contributed by atoms with Crippen molar-refractivity contribution in [3.63, 3.8) is 0 Å². The third-order valence-electron chi connectivity index (χ3n) is 6.39. The van der Waals surface area contributed by atoms with Crippen molar-refractivity contribution in [3.8, 4) is 11.4 Å². The first-order valence-corrected chi connectivity index (χ1v) is 11.8. The standard InChI is InChI=1S/C25H29N5O2S/c1-31-20-9-7-19(8-10-20)29-12-4-6-22(29)24-23(21-5-2-3-11-26-21)27-25(33)30(24)14-13-28-15-17-32-18-16-28/h2-12,23-24H,13-18H2,1H3,(H,27,33)/t23-,24-/m1/s1. The second-order valence-electron chi connectivity index (χ2n) is 8.28. The van der Waals surface area contributed by atoms with E-state index in [1.807, 2.05) is 30.5 Å². The highest BCUT2D eigenvalue weighted by atomic mass is 32.1. The lowest BCUT2D eigenvalue weighted by Gasteiger charge is -2.32. The molecule has 7 nitrogen and oxygen atoms in total. The Hall–Kier alpha value is -2.94. The molecule has 2 aromatic heterocycles. The zero-order chi connectivity index (χ0) is 22.6. The van der Waals surface area contributed by atoms with Gasteiger partial charge in [0, 0.05) is 50.0 Å². The van der Waals surface area contributed by atoms with E-state index in [-0.39, 0.29) is 12.1 Å². The highest BCUT2D eigenvalue weighted by Gasteiger charge is 2.41. The average molecular weight is 464 g/mol. The number of hydrogen-bond acceptors (Lipinski definition) is 5. The molecule has 2 aliphatic rings. The molecule has 0 bridgehead atoms. The molecule has 2 aliphatic heterocycles. The number of nitrogens with zero attached hydrogens (tertiary/aromatic N) is 4. The number of hydrogen-bond donors (Lipinski definition) is 1. The molecule has 3 aromatic rings. The molecule has 4 heterocycles. The van der Waals surface area contributed by atoms with Crippen LogP contribution in [0.3, 0.4) is 0 Å². The fraction of sp³-hybridized carbons (Fsp3) is 0.360. The largest absolute Gasteiger partial charge is 0.497 e. The van der Waals surface area contributed by atoms with Crippen LogP contribution >= 0.6 is 12.2 Å². The monoisotopic (exact) mass is 463 g/mol. The molecule has 2 saturated heterocycles. The molecule has 172 valence electrons. The minimum absolute atomic E-state index is 0.0190. The first-order valence-electron chi connectivity index (χ1n) is 11.3. The van der Waals surface area contributed by atoms with Crippen LogP contribution in [-0.4, -0.2) is 71.0 Å². The van der Waals surface area contributed by atoms with Gasteiger partial charge in [-0.25, -0.2) is 0 Å². The summed E-state index contributed by atoms with van der Waals surface area (Å²) in [6, 6.07) is 18.4. The first kappa shape index (κ1) is 21.9. The summed E-state index contributed by atoms with van der Waals surface area (Å²) in [4.78, 5) is 9.43. The van der Waals surface area contributed by atoms with Gasteiger partial charge in [-0.3, -0.25) is 9.88 Å². The molecule has 2 atom stereocenters. The van der Waals surface area contributed by atoms with E-state index < -0.39 is 0 Å². The zero-order valence-electron chi connectivity index (χ0n) is 18.8. The maximum atomic E-state index is 5.85. The van der Waals surface area contributed by atoms with Crippen LogP contribution in [-0.2, 0) is 4.74 Å². The van der Waals surface area contributed by atoms with E-state index in [4.69, 9.17) is 21.7 Å². The summed E-state index contributed by atoms with van der Waals surface area (Å²) in [5, 5.41) is 4.33. The maximum Gasteiger partial charge on any atom is 0.170 e. The van der Waals surface area contributed by atoms with Gasteiger partial charge in [0.25, 0.3) is 0 Å². The lowest BCUT2D eigenvalue weighted by Crippen LogP contribution is -2.42. The Kier molecular flexibility index (Phi) is 6.57. The lowest BCUT2D eigenvalue weighted by atomic mass is 10.0. The number of aromatic nitrogens is 2. The molecule has 5 rings (SSSR count). The second-order valence-corrected chi connectivity index (χ2v) is 8.66. The molecule has 2 fully saturated rings. The van der Waals surface area contributed by atoms with Gasteiger partial charge in [-0.2, -0.15) is 0 Å². The van der Waals surface area contributed by atoms with Crippen molar-refractivity contribution in [2.75, 3.05) is 46.5 Å². The molecule has 0 saturated carbocycles. The van der Waals surface area contributed by atoms with E-state index >= 15 is 0 Å². The number of benzene rings is 1. The molecule has 1 aromatic carbocycles. The quantitative estimate of drug-likeness (QED) is 0.540. The smallest absolute Gasteiger partial charge is 0.170 e. The normalized spacial score (nSPS) is 21.2. The van der Waals surface area contributed by atoms with E-state index in [0.29, 0.717) is 0 Å². The number of thiocarbonyl (C=S) groups is 1. The van der Waals surface area contributed by atoms with Crippen LogP contribution in [0.25, 0.3) is 5.69 Å². The van der Waals surface area contributed by atoms with Crippen molar-refractivity contribution >= 4 is 17.3 Å². The van der Waals surface area contributed by atoms with Crippen molar-refractivity contribution in [2.24, 2.45) is 0 Å². The molecule has 0 aliphatic carbocycles. The Morgan fingerprint density at radius 1 is 1.06 bits per heavy atom. The van der Waals surface area contributed by atoms with Crippen molar-refractivity contribution in [3.05, 3.63) is 78.4 Å². The topological polar surface area (TPSA) is 54.8 Å². The fourth-order valence-electron chi connectivity index (χ4n) is 4.65. The highest BCUT2D eigenvalue weighted by molar-refractivity contribution is 7.80. The number of pyridine rings is 1. The Morgan fingerprint density at radius 3 is 2.61 bits per heavy atom. The Labute approximate surface area is 199 Å². The van der Waals surface area contributed by atoms with Crippen LogP contribution in [0.5, 0.6) is 5.75 Å². The minimum Gasteiger partial charge on any atom is -0.497 e. The molecule has 1 N–H and O–H groups in total. The number of rotatable bonds is 7. The van der Waals surface area contributed by atoms with Crippen LogP contribution in [0.1, 0.15) is 23.5 Å². The average Bonchev–Trinajstić information content (AvgIpc) is 3.48. The van der Waals surface area contributed by atoms with Gasteiger partial charge in [0.1, 0.15) is 5.75 Å². The summed E-state index contributed by atoms with van der Waals surface area (Å²) in [5.74, 6) is 0.842. The van der Waals surface area contributed by atoms with Gasteiger partial charge in [-0.1, -0.05) is 6.07 Å².